The lowest BCUT2D eigenvalue weighted by Crippen LogP contribution is -2.24. The molecule has 0 aliphatic carbocycles. The highest BCUT2D eigenvalue weighted by molar-refractivity contribution is 7.89. The van der Waals surface area contributed by atoms with Gasteiger partial charge in [-0.3, -0.25) is 0 Å². The zero-order valence-electron chi connectivity index (χ0n) is 7.09. The van der Waals surface area contributed by atoms with Gasteiger partial charge in [-0.2, -0.15) is 0 Å². The molecule has 0 aliphatic rings. The number of hydrogen-bond acceptors (Lipinski definition) is 4. The molecule has 68 valence electrons. The second-order valence-electron chi connectivity index (χ2n) is 2.48. The molecular weight excluding hydrogens is 180 g/mol. The first-order valence-electron chi connectivity index (χ1n) is 3.23. The summed E-state index contributed by atoms with van der Waals surface area (Å²) in [7, 11) is 1.06. The first kappa shape index (κ1) is 9.14. The third-order valence-corrected chi connectivity index (χ3v) is 3.28. The summed E-state index contributed by atoms with van der Waals surface area (Å²) < 4.78 is 25.2. The van der Waals surface area contributed by atoms with Crippen molar-refractivity contribution in [2.24, 2.45) is 7.05 Å². The molecule has 0 unspecified atom stereocenters. The van der Waals surface area contributed by atoms with Gasteiger partial charge in [0.2, 0.25) is 0 Å². The molecule has 0 aromatic carbocycles. The van der Waals surface area contributed by atoms with Crippen molar-refractivity contribution in [3.8, 4) is 0 Å². The number of nitrogens with zero attached hydrogens (tertiary/aromatic N) is 4. The molecule has 1 aromatic heterocycles. The van der Waals surface area contributed by atoms with Crippen LogP contribution in [0.25, 0.3) is 0 Å². The van der Waals surface area contributed by atoms with Crippen LogP contribution in [-0.2, 0) is 17.1 Å². The highest BCUT2D eigenvalue weighted by Gasteiger charge is 2.21. The topological polar surface area (TPSA) is 68.1 Å². The fourth-order valence-corrected chi connectivity index (χ4v) is 1.63. The van der Waals surface area contributed by atoms with E-state index in [4.69, 9.17) is 0 Å². The fourth-order valence-electron chi connectivity index (χ4n) is 0.701. The average molecular weight is 190 g/mol. The van der Waals surface area contributed by atoms with Gasteiger partial charge in [-0.1, -0.05) is 5.21 Å². The standard InChI is InChI=1S/C5H10N4O2S/c1-8(2)12(10,11)5-4-6-7-9(5)3/h4H,1-3H3. The molecule has 0 spiro atoms. The van der Waals surface area contributed by atoms with Gasteiger partial charge < -0.3 is 0 Å². The molecule has 0 radical (unpaired) electrons. The Morgan fingerprint density at radius 1 is 1.50 bits per heavy atom. The summed E-state index contributed by atoms with van der Waals surface area (Å²) >= 11 is 0. The van der Waals surface area contributed by atoms with Crippen LogP contribution < -0.4 is 0 Å². The zero-order chi connectivity index (χ0) is 9.35. The van der Waals surface area contributed by atoms with Crippen molar-refractivity contribution in [1.29, 1.82) is 0 Å². The second kappa shape index (κ2) is 2.83. The number of aromatic nitrogens is 3. The molecule has 1 rings (SSSR count). The summed E-state index contributed by atoms with van der Waals surface area (Å²) in [4.78, 5) is 0. The average Bonchev–Trinajstić information content (AvgIpc) is 2.35. The van der Waals surface area contributed by atoms with E-state index >= 15 is 0 Å². The maximum atomic E-state index is 11.4. The van der Waals surface area contributed by atoms with Crippen molar-refractivity contribution in [3.05, 3.63) is 6.20 Å². The Morgan fingerprint density at radius 2 is 2.08 bits per heavy atom. The molecule has 1 heterocycles. The van der Waals surface area contributed by atoms with Crippen LogP contribution in [0, 0.1) is 0 Å². The Hall–Kier alpha value is -0.950. The van der Waals surface area contributed by atoms with Crippen molar-refractivity contribution in [2.45, 2.75) is 5.03 Å². The highest BCUT2D eigenvalue weighted by Crippen LogP contribution is 2.08. The molecule has 12 heavy (non-hydrogen) atoms. The van der Waals surface area contributed by atoms with Crippen LogP contribution in [0.3, 0.4) is 0 Å². The summed E-state index contributed by atoms with van der Waals surface area (Å²) in [6.45, 7) is 0. The smallest absolute Gasteiger partial charge is 0.236 e. The van der Waals surface area contributed by atoms with Gasteiger partial charge in [0.15, 0.2) is 5.03 Å². The summed E-state index contributed by atoms with van der Waals surface area (Å²) in [6, 6.07) is 0. The van der Waals surface area contributed by atoms with Gasteiger partial charge in [0.25, 0.3) is 10.0 Å². The summed E-state index contributed by atoms with van der Waals surface area (Å²) in [5.41, 5.74) is 0. The molecule has 0 saturated heterocycles. The van der Waals surface area contributed by atoms with Crippen LogP contribution in [0.2, 0.25) is 0 Å². The number of aryl methyl sites for hydroxylation is 1. The maximum absolute atomic E-state index is 11.4. The lowest BCUT2D eigenvalue weighted by molar-refractivity contribution is 0.505. The third kappa shape index (κ3) is 1.32. The van der Waals surface area contributed by atoms with Crippen LogP contribution in [-0.4, -0.2) is 41.8 Å². The van der Waals surface area contributed by atoms with Gasteiger partial charge in [-0.05, 0) is 0 Å². The minimum atomic E-state index is -3.39. The molecule has 0 aliphatic heterocycles. The van der Waals surface area contributed by atoms with Crippen LogP contribution in [0.1, 0.15) is 0 Å². The largest absolute Gasteiger partial charge is 0.261 e. The van der Waals surface area contributed by atoms with Gasteiger partial charge in [-0.25, -0.2) is 17.4 Å². The molecule has 0 saturated carbocycles. The normalized spacial score (nSPS) is 12.3. The van der Waals surface area contributed by atoms with Crippen molar-refractivity contribution < 1.29 is 8.42 Å². The van der Waals surface area contributed by atoms with Crippen molar-refractivity contribution >= 4 is 10.0 Å². The van der Waals surface area contributed by atoms with Gasteiger partial charge in [0.1, 0.15) is 0 Å². The van der Waals surface area contributed by atoms with Crippen molar-refractivity contribution in [3.63, 3.8) is 0 Å². The molecule has 0 N–H and O–H groups in total. The summed E-state index contributed by atoms with van der Waals surface area (Å²) in [5, 5.41) is 7.09. The fraction of sp³-hybridized carbons (Fsp3) is 0.600. The maximum Gasteiger partial charge on any atom is 0.261 e. The molecule has 0 bridgehead atoms. The Kier molecular flexibility index (Phi) is 2.16. The molecule has 7 heteroatoms. The van der Waals surface area contributed by atoms with E-state index in [-0.39, 0.29) is 5.03 Å². The van der Waals surface area contributed by atoms with Gasteiger partial charge in [0, 0.05) is 21.1 Å². The predicted octanol–water partition coefficient (Wildman–Crippen LogP) is -0.935. The van der Waals surface area contributed by atoms with Crippen LogP contribution in [0.15, 0.2) is 11.2 Å². The van der Waals surface area contributed by atoms with Crippen LogP contribution >= 0.6 is 0 Å². The molecule has 1 aromatic rings. The van der Waals surface area contributed by atoms with E-state index < -0.39 is 10.0 Å². The predicted molar refractivity (Wildman–Crippen MR) is 41.9 cm³/mol. The molecule has 0 atom stereocenters. The molecule has 0 amide bonds. The van der Waals surface area contributed by atoms with Crippen molar-refractivity contribution in [2.75, 3.05) is 14.1 Å². The number of sulfonamides is 1. The number of rotatable bonds is 2. The molecule has 0 fully saturated rings. The SMILES string of the molecule is CN(C)S(=O)(=O)c1cnnn1C. The molecule has 6 nitrogen and oxygen atoms in total. The first-order chi connectivity index (χ1) is 5.46. The van der Waals surface area contributed by atoms with Gasteiger partial charge in [-0.15, -0.1) is 5.10 Å². The minimum Gasteiger partial charge on any atom is -0.236 e. The van der Waals surface area contributed by atoms with Crippen LogP contribution in [0.5, 0.6) is 0 Å². The highest BCUT2D eigenvalue weighted by atomic mass is 32.2. The third-order valence-electron chi connectivity index (χ3n) is 1.42. The van der Waals surface area contributed by atoms with E-state index in [0.717, 1.165) is 4.31 Å². The van der Waals surface area contributed by atoms with E-state index in [2.05, 4.69) is 10.3 Å². The van der Waals surface area contributed by atoms with E-state index in [1.54, 1.807) is 0 Å². The Morgan fingerprint density at radius 3 is 2.42 bits per heavy atom. The zero-order valence-corrected chi connectivity index (χ0v) is 7.91. The Balaban J connectivity index is 3.24. The lowest BCUT2D eigenvalue weighted by Gasteiger charge is -2.09. The van der Waals surface area contributed by atoms with E-state index in [0.29, 0.717) is 0 Å². The molecular formula is C5H10N4O2S. The summed E-state index contributed by atoms with van der Waals surface area (Å²) in [5.74, 6) is 0. The monoisotopic (exact) mass is 190 g/mol. The Labute approximate surface area is 70.8 Å². The van der Waals surface area contributed by atoms with E-state index in [1.165, 1.54) is 32.0 Å². The van der Waals surface area contributed by atoms with E-state index in [1.807, 2.05) is 0 Å². The second-order valence-corrected chi connectivity index (χ2v) is 4.58. The van der Waals surface area contributed by atoms with Crippen molar-refractivity contribution in [1.82, 2.24) is 19.3 Å². The first-order valence-corrected chi connectivity index (χ1v) is 4.67. The van der Waals surface area contributed by atoms with Gasteiger partial charge >= 0.3 is 0 Å². The lowest BCUT2D eigenvalue weighted by atomic mass is 10.9. The number of hydrogen-bond donors (Lipinski definition) is 0. The van der Waals surface area contributed by atoms with Crippen LogP contribution in [0.4, 0.5) is 0 Å². The minimum absolute atomic E-state index is 0.0903. The van der Waals surface area contributed by atoms with E-state index in [9.17, 15) is 8.42 Å². The van der Waals surface area contributed by atoms with Gasteiger partial charge in [0.05, 0.1) is 6.20 Å². The Bertz CT molecular complexity index is 367. The summed E-state index contributed by atoms with van der Waals surface area (Å²) in [6.07, 6.45) is 1.22. The quantitative estimate of drug-likeness (QED) is 0.604.